The van der Waals surface area contributed by atoms with Crippen LogP contribution in [0, 0.1) is 18.8 Å². The van der Waals surface area contributed by atoms with Gasteiger partial charge in [-0.05, 0) is 44.5 Å². The van der Waals surface area contributed by atoms with E-state index in [9.17, 15) is 4.79 Å². The number of aliphatic hydroxyl groups is 1. The minimum Gasteiger partial charge on any atom is -0.395 e. The zero-order valence-electron chi connectivity index (χ0n) is 12.9. The van der Waals surface area contributed by atoms with Crippen LogP contribution in [-0.2, 0) is 4.74 Å². The molecule has 1 atom stereocenters. The molecule has 0 aliphatic rings. The molecule has 1 aromatic carbocycles. The minimum absolute atomic E-state index is 0.00687. The molecule has 0 saturated heterocycles. The van der Waals surface area contributed by atoms with Gasteiger partial charge >= 0.3 is 0 Å². The Morgan fingerprint density at radius 2 is 2.19 bits per heavy atom. The van der Waals surface area contributed by atoms with Gasteiger partial charge in [-0.15, -0.1) is 0 Å². The molecule has 0 bridgehead atoms. The summed E-state index contributed by atoms with van der Waals surface area (Å²) in [7, 11) is 0. The van der Waals surface area contributed by atoms with Crippen molar-refractivity contribution < 1.29 is 14.6 Å². The summed E-state index contributed by atoms with van der Waals surface area (Å²) in [6.45, 7) is 6.93. The molecule has 4 heteroatoms. The highest BCUT2D eigenvalue weighted by Gasteiger charge is 2.09. The molecular weight excluding hydrogens is 266 g/mol. The quantitative estimate of drug-likeness (QED) is 0.786. The van der Waals surface area contributed by atoms with Crippen LogP contribution in [0.4, 0.5) is 0 Å². The summed E-state index contributed by atoms with van der Waals surface area (Å²) < 4.78 is 5.38. The zero-order chi connectivity index (χ0) is 15.7. The summed E-state index contributed by atoms with van der Waals surface area (Å²) in [5, 5.41) is 11.6. The molecule has 0 spiro atoms. The summed E-state index contributed by atoms with van der Waals surface area (Å²) in [6, 6.07) is 5.51. The van der Waals surface area contributed by atoms with E-state index in [1.165, 1.54) is 0 Å². The number of ether oxygens (including phenoxy) is 1. The lowest BCUT2D eigenvalue weighted by Crippen LogP contribution is -2.32. The van der Waals surface area contributed by atoms with Crippen LogP contribution in [-0.4, -0.2) is 36.9 Å². The molecule has 4 nitrogen and oxygen atoms in total. The Bertz CT molecular complexity index is 529. The highest BCUT2D eigenvalue weighted by molar-refractivity contribution is 5.94. The molecule has 0 aromatic heterocycles. The Morgan fingerprint density at radius 3 is 2.86 bits per heavy atom. The summed E-state index contributed by atoms with van der Waals surface area (Å²) in [6.07, 6.45) is 0.425. The van der Waals surface area contributed by atoms with E-state index in [2.05, 4.69) is 17.2 Å². The first-order chi connectivity index (χ1) is 10.1. The zero-order valence-corrected chi connectivity index (χ0v) is 12.9. The number of hydrogen-bond acceptors (Lipinski definition) is 3. The van der Waals surface area contributed by atoms with Gasteiger partial charge in [-0.2, -0.15) is 0 Å². The van der Waals surface area contributed by atoms with Crippen molar-refractivity contribution in [1.29, 1.82) is 0 Å². The number of hydrogen-bond donors (Lipinski definition) is 2. The predicted molar refractivity (Wildman–Crippen MR) is 83.2 cm³/mol. The third kappa shape index (κ3) is 6.44. The lowest BCUT2D eigenvalue weighted by atomic mass is 10.1. The van der Waals surface area contributed by atoms with Crippen molar-refractivity contribution in [3.05, 3.63) is 34.9 Å². The summed E-state index contributed by atoms with van der Waals surface area (Å²) >= 11 is 0. The smallest absolute Gasteiger partial charge is 0.251 e. The van der Waals surface area contributed by atoms with Gasteiger partial charge in [-0.25, -0.2) is 0 Å². The van der Waals surface area contributed by atoms with Crippen LogP contribution in [0.5, 0.6) is 0 Å². The maximum absolute atomic E-state index is 12.1. The maximum atomic E-state index is 12.1. The average Bonchev–Trinajstić information content (AvgIpc) is 2.45. The van der Waals surface area contributed by atoms with Gasteiger partial charge in [0, 0.05) is 30.7 Å². The third-order valence-electron chi connectivity index (χ3n) is 2.81. The van der Waals surface area contributed by atoms with Gasteiger partial charge in [0.05, 0.1) is 12.7 Å². The fourth-order valence-electron chi connectivity index (χ4n) is 1.89. The van der Waals surface area contributed by atoms with Gasteiger partial charge in [-0.3, -0.25) is 4.79 Å². The van der Waals surface area contributed by atoms with E-state index in [1.807, 2.05) is 32.9 Å². The molecule has 0 heterocycles. The van der Waals surface area contributed by atoms with Crippen molar-refractivity contribution in [2.75, 3.05) is 19.8 Å². The molecule has 2 N–H and O–H groups in total. The molecule has 0 aliphatic carbocycles. The van der Waals surface area contributed by atoms with E-state index < -0.39 is 0 Å². The number of aliphatic hydroxyl groups excluding tert-OH is 1. The molecular formula is C17H23NO3. The first kappa shape index (κ1) is 17.2. The summed E-state index contributed by atoms with van der Waals surface area (Å²) in [5.74, 6) is 5.68. The van der Waals surface area contributed by atoms with Crippen LogP contribution < -0.4 is 5.32 Å². The lowest BCUT2D eigenvalue weighted by Gasteiger charge is -2.13. The third-order valence-corrected chi connectivity index (χ3v) is 2.81. The van der Waals surface area contributed by atoms with E-state index >= 15 is 0 Å². The average molecular weight is 289 g/mol. The Hall–Kier alpha value is -1.83. The maximum Gasteiger partial charge on any atom is 0.251 e. The SMILES string of the molecule is CCOC(C)CNC(=O)c1cc(C)cc(C#CCCO)c1. The Labute approximate surface area is 126 Å². The topological polar surface area (TPSA) is 58.6 Å². The number of benzene rings is 1. The van der Waals surface area contributed by atoms with Gasteiger partial charge in [0.2, 0.25) is 0 Å². The molecule has 1 aromatic rings. The monoisotopic (exact) mass is 289 g/mol. The fourth-order valence-corrected chi connectivity index (χ4v) is 1.89. The summed E-state index contributed by atoms with van der Waals surface area (Å²) in [4.78, 5) is 12.1. The van der Waals surface area contributed by atoms with Crippen molar-refractivity contribution in [3.63, 3.8) is 0 Å². The molecule has 0 aliphatic heterocycles. The number of amides is 1. The van der Waals surface area contributed by atoms with Crippen LogP contribution in [0.2, 0.25) is 0 Å². The van der Waals surface area contributed by atoms with Crippen molar-refractivity contribution >= 4 is 5.91 Å². The van der Waals surface area contributed by atoms with Gasteiger partial charge in [0.25, 0.3) is 5.91 Å². The van der Waals surface area contributed by atoms with Crippen molar-refractivity contribution in [1.82, 2.24) is 5.32 Å². The molecule has 21 heavy (non-hydrogen) atoms. The standard InChI is InChI=1S/C17H23NO3/c1-4-21-14(3)12-18-17(20)16-10-13(2)9-15(11-16)7-5-6-8-19/h9-11,14,19H,4,6,8,12H2,1-3H3,(H,18,20). The first-order valence-corrected chi connectivity index (χ1v) is 7.18. The Balaban J connectivity index is 2.74. The van der Waals surface area contributed by atoms with Crippen LogP contribution in [0.15, 0.2) is 18.2 Å². The summed E-state index contributed by atoms with van der Waals surface area (Å²) in [5.41, 5.74) is 2.35. The van der Waals surface area contributed by atoms with E-state index in [-0.39, 0.29) is 18.6 Å². The molecule has 1 rings (SSSR count). The Kier molecular flexibility index (Phi) is 7.52. The van der Waals surface area contributed by atoms with Crippen molar-refractivity contribution in [2.45, 2.75) is 33.3 Å². The minimum atomic E-state index is -0.129. The largest absolute Gasteiger partial charge is 0.395 e. The van der Waals surface area contributed by atoms with Gasteiger partial charge in [-0.1, -0.05) is 11.8 Å². The van der Waals surface area contributed by atoms with Crippen molar-refractivity contribution in [2.24, 2.45) is 0 Å². The number of carbonyl (C=O) groups excluding carboxylic acids is 1. The predicted octanol–water partition coefficient (Wildman–Crippen LogP) is 1.88. The molecule has 1 amide bonds. The number of rotatable bonds is 6. The number of aryl methyl sites for hydroxylation is 1. The number of nitrogens with one attached hydrogen (secondary N) is 1. The molecule has 0 radical (unpaired) electrons. The van der Waals surface area contributed by atoms with Gasteiger partial charge in [0.1, 0.15) is 0 Å². The Morgan fingerprint density at radius 1 is 1.43 bits per heavy atom. The van der Waals surface area contributed by atoms with E-state index in [0.717, 1.165) is 11.1 Å². The van der Waals surface area contributed by atoms with Crippen LogP contribution in [0.25, 0.3) is 0 Å². The molecule has 0 saturated carbocycles. The number of carbonyl (C=O) groups is 1. The first-order valence-electron chi connectivity index (χ1n) is 7.18. The van der Waals surface area contributed by atoms with Crippen molar-refractivity contribution in [3.8, 4) is 11.8 Å². The van der Waals surface area contributed by atoms with E-state index in [4.69, 9.17) is 9.84 Å². The molecule has 0 fully saturated rings. The molecule has 114 valence electrons. The second-order valence-corrected chi connectivity index (χ2v) is 4.84. The molecule has 1 unspecified atom stereocenters. The van der Waals surface area contributed by atoms with E-state index in [1.54, 1.807) is 6.07 Å². The van der Waals surface area contributed by atoms with Crippen LogP contribution >= 0.6 is 0 Å². The lowest BCUT2D eigenvalue weighted by molar-refractivity contribution is 0.0695. The highest BCUT2D eigenvalue weighted by Crippen LogP contribution is 2.09. The van der Waals surface area contributed by atoms with Crippen LogP contribution in [0.1, 0.15) is 41.8 Å². The fraction of sp³-hybridized carbons (Fsp3) is 0.471. The second kappa shape index (κ2) is 9.17. The highest BCUT2D eigenvalue weighted by atomic mass is 16.5. The van der Waals surface area contributed by atoms with Crippen LogP contribution in [0.3, 0.4) is 0 Å². The normalized spacial score (nSPS) is 11.4. The second-order valence-electron chi connectivity index (χ2n) is 4.84. The van der Waals surface area contributed by atoms with Gasteiger partial charge in [0.15, 0.2) is 0 Å². The van der Waals surface area contributed by atoms with Gasteiger partial charge < -0.3 is 15.2 Å². The van der Waals surface area contributed by atoms with E-state index in [0.29, 0.717) is 25.1 Å².